The minimum atomic E-state index is 0.463. The van der Waals surface area contributed by atoms with Gasteiger partial charge in [0.25, 0.3) is 0 Å². The zero-order valence-corrected chi connectivity index (χ0v) is 17.2. The van der Waals surface area contributed by atoms with Crippen molar-refractivity contribution < 1.29 is 4.74 Å². The number of rotatable bonds is 7. The molecule has 0 bridgehead atoms. The van der Waals surface area contributed by atoms with Crippen molar-refractivity contribution in [1.29, 1.82) is 5.26 Å². The first-order valence-corrected chi connectivity index (χ1v) is 10.9. The van der Waals surface area contributed by atoms with E-state index in [1.54, 1.807) is 0 Å². The molecule has 2 aromatic carbocycles. The maximum atomic E-state index is 9.65. The topological polar surface area (TPSA) is 57.1 Å². The molecule has 3 aromatic rings. The first kappa shape index (κ1) is 19.7. The van der Waals surface area contributed by atoms with Gasteiger partial charge < -0.3 is 15.4 Å². The Balaban J connectivity index is 1.39. The van der Waals surface area contributed by atoms with Gasteiger partial charge in [0.1, 0.15) is 18.2 Å². The highest BCUT2D eigenvalue weighted by atomic mass is 32.1. The largest absolute Gasteiger partial charge is 0.478 e. The molecule has 0 atom stereocenters. The van der Waals surface area contributed by atoms with Crippen LogP contribution in [-0.4, -0.2) is 19.1 Å². The number of benzene rings is 2. The molecule has 0 amide bonds. The summed E-state index contributed by atoms with van der Waals surface area (Å²) in [5, 5.41) is 19.4. The lowest BCUT2D eigenvalue weighted by molar-refractivity contribution is 0.314. The molecule has 2 heterocycles. The molecule has 1 saturated heterocycles. The lowest BCUT2D eigenvalue weighted by atomic mass is 10.1. The quantitative estimate of drug-likeness (QED) is 0.600. The molecule has 0 unspecified atom stereocenters. The second-order valence-electron chi connectivity index (χ2n) is 7.30. The van der Waals surface area contributed by atoms with Crippen LogP contribution in [0.25, 0.3) is 11.1 Å². The summed E-state index contributed by atoms with van der Waals surface area (Å²) in [6.45, 7) is 3.53. The number of hydrogen-bond acceptors (Lipinski definition) is 5. The van der Waals surface area contributed by atoms with E-state index in [1.165, 1.54) is 29.7 Å². The van der Waals surface area contributed by atoms with E-state index >= 15 is 0 Å². The van der Waals surface area contributed by atoms with E-state index in [-0.39, 0.29) is 0 Å². The van der Waals surface area contributed by atoms with Crippen molar-refractivity contribution in [1.82, 2.24) is 10.6 Å². The van der Waals surface area contributed by atoms with Gasteiger partial charge in [0.2, 0.25) is 0 Å². The molecule has 0 saturated carbocycles. The first-order valence-electron chi connectivity index (χ1n) is 10.0. The summed E-state index contributed by atoms with van der Waals surface area (Å²) in [6, 6.07) is 21.4. The highest BCUT2D eigenvalue weighted by molar-refractivity contribution is 7.12. The van der Waals surface area contributed by atoms with Crippen molar-refractivity contribution in [3.8, 4) is 22.3 Å². The van der Waals surface area contributed by atoms with Crippen molar-refractivity contribution in [2.45, 2.75) is 32.0 Å². The van der Waals surface area contributed by atoms with Crippen molar-refractivity contribution in [3.05, 3.63) is 76.7 Å². The minimum absolute atomic E-state index is 0.463. The predicted octanol–water partition coefficient (Wildman–Crippen LogP) is 4.71. The van der Waals surface area contributed by atoms with Gasteiger partial charge in [-0.2, -0.15) is 5.26 Å². The third-order valence-electron chi connectivity index (χ3n) is 5.25. The van der Waals surface area contributed by atoms with E-state index in [9.17, 15) is 5.26 Å². The van der Waals surface area contributed by atoms with Crippen molar-refractivity contribution in [2.24, 2.45) is 0 Å². The van der Waals surface area contributed by atoms with Crippen molar-refractivity contribution in [2.75, 3.05) is 13.1 Å². The fourth-order valence-corrected chi connectivity index (χ4v) is 4.53. The lowest BCUT2D eigenvalue weighted by Crippen LogP contribution is -2.39. The minimum Gasteiger partial charge on any atom is -0.478 e. The highest BCUT2D eigenvalue weighted by Crippen LogP contribution is 2.37. The number of nitrogens with one attached hydrogen (secondary N) is 2. The smallest absolute Gasteiger partial charge is 0.192 e. The summed E-state index contributed by atoms with van der Waals surface area (Å²) in [5.41, 5.74) is 4.98. The zero-order valence-electron chi connectivity index (χ0n) is 16.4. The van der Waals surface area contributed by atoms with Crippen molar-refractivity contribution in [3.63, 3.8) is 0 Å². The third kappa shape index (κ3) is 5.04. The van der Waals surface area contributed by atoms with E-state index in [1.807, 2.05) is 35.7 Å². The fourth-order valence-electron chi connectivity index (χ4n) is 3.65. The number of nitriles is 1. The second-order valence-corrected chi connectivity index (χ2v) is 8.15. The normalized spacial score (nSPS) is 14.4. The Morgan fingerprint density at radius 2 is 1.86 bits per heavy atom. The van der Waals surface area contributed by atoms with Crippen LogP contribution in [0.2, 0.25) is 0 Å². The van der Waals surface area contributed by atoms with Crippen LogP contribution in [0.1, 0.15) is 29.5 Å². The van der Waals surface area contributed by atoms with Gasteiger partial charge in [0.15, 0.2) is 5.06 Å². The van der Waals surface area contributed by atoms with Crippen LogP contribution < -0.4 is 15.4 Å². The van der Waals surface area contributed by atoms with Gasteiger partial charge in [-0.05, 0) is 42.6 Å². The average molecular weight is 404 g/mol. The van der Waals surface area contributed by atoms with Crippen LogP contribution in [0, 0.1) is 11.3 Å². The highest BCUT2D eigenvalue weighted by Gasteiger charge is 2.15. The summed E-state index contributed by atoms with van der Waals surface area (Å²) in [7, 11) is 0. The van der Waals surface area contributed by atoms with Gasteiger partial charge in [-0.3, -0.25) is 0 Å². The van der Waals surface area contributed by atoms with Gasteiger partial charge in [-0.15, -0.1) is 11.3 Å². The number of piperidine rings is 1. The van der Waals surface area contributed by atoms with E-state index in [0.717, 1.165) is 36.3 Å². The van der Waals surface area contributed by atoms with Crippen LogP contribution in [0.4, 0.5) is 0 Å². The summed E-state index contributed by atoms with van der Waals surface area (Å²) < 4.78 is 6.03. The molecule has 1 fully saturated rings. The van der Waals surface area contributed by atoms with Crippen LogP contribution in [0.3, 0.4) is 0 Å². The first-order chi connectivity index (χ1) is 14.3. The molecule has 1 aliphatic rings. The fraction of sp³-hybridized carbons (Fsp3) is 0.292. The van der Waals surface area contributed by atoms with Gasteiger partial charge in [-0.1, -0.05) is 54.6 Å². The van der Waals surface area contributed by atoms with E-state index < -0.39 is 0 Å². The average Bonchev–Trinajstić information content (AvgIpc) is 3.21. The molecule has 1 aliphatic heterocycles. The summed E-state index contributed by atoms with van der Waals surface area (Å²) in [5.74, 6) is 0. The summed E-state index contributed by atoms with van der Waals surface area (Å²) in [6.07, 6.45) is 2.36. The van der Waals surface area contributed by atoms with Gasteiger partial charge in [0.05, 0.1) is 0 Å². The molecule has 0 radical (unpaired) electrons. The standard InChI is InChI=1S/C24H25N3OS/c25-14-22-23(20-7-2-1-3-8-20)17-29-24(22)28-16-19-6-4-5-18(13-19)15-27-21-9-11-26-12-10-21/h1-8,13,17,21,26-27H,9-12,15-16H2. The Morgan fingerprint density at radius 1 is 1.07 bits per heavy atom. The van der Waals surface area contributed by atoms with Crippen LogP contribution in [0.5, 0.6) is 5.06 Å². The SMILES string of the molecule is N#Cc1c(-c2ccccc2)csc1OCc1cccc(CNC2CCNCC2)c1. The van der Waals surface area contributed by atoms with E-state index in [4.69, 9.17) is 4.74 Å². The number of hydrogen-bond donors (Lipinski definition) is 2. The van der Waals surface area contributed by atoms with Crippen LogP contribution in [0.15, 0.2) is 60.0 Å². The van der Waals surface area contributed by atoms with Gasteiger partial charge in [0, 0.05) is 23.5 Å². The molecule has 29 heavy (non-hydrogen) atoms. The Bertz CT molecular complexity index is 971. The monoisotopic (exact) mass is 403 g/mol. The molecule has 0 aliphatic carbocycles. The molecule has 148 valence electrons. The maximum Gasteiger partial charge on any atom is 0.192 e. The zero-order chi connectivity index (χ0) is 19.9. The molecule has 0 spiro atoms. The number of nitrogens with zero attached hydrogens (tertiary/aromatic N) is 1. The van der Waals surface area contributed by atoms with E-state index in [0.29, 0.717) is 23.3 Å². The second kappa shape index (κ2) is 9.71. The van der Waals surface area contributed by atoms with Gasteiger partial charge in [-0.25, -0.2) is 0 Å². The van der Waals surface area contributed by atoms with Crippen LogP contribution in [-0.2, 0) is 13.2 Å². The molecule has 2 N–H and O–H groups in total. The maximum absolute atomic E-state index is 9.65. The Morgan fingerprint density at radius 3 is 2.66 bits per heavy atom. The molecular weight excluding hydrogens is 378 g/mol. The third-order valence-corrected chi connectivity index (χ3v) is 6.14. The Hall–Kier alpha value is -2.65. The van der Waals surface area contributed by atoms with E-state index in [2.05, 4.69) is 41.0 Å². The number of thiophene rings is 1. The number of ether oxygens (including phenoxy) is 1. The molecule has 1 aromatic heterocycles. The Labute approximate surface area is 176 Å². The summed E-state index contributed by atoms with van der Waals surface area (Å²) >= 11 is 1.49. The molecule has 4 nitrogen and oxygen atoms in total. The van der Waals surface area contributed by atoms with Crippen LogP contribution >= 0.6 is 11.3 Å². The summed E-state index contributed by atoms with van der Waals surface area (Å²) in [4.78, 5) is 0. The predicted molar refractivity (Wildman–Crippen MR) is 118 cm³/mol. The van der Waals surface area contributed by atoms with Gasteiger partial charge >= 0.3 is 0 Å². The Kier molecular flexibility index (Phi) is 6.58. The van der Waals surface area contributed by atoms with Crippen molar-refractivity contribution >= 4 is 11.3 Å². The molecular formula is C24H25N3OS. The molecule has 4 rings (SSSR count). The molecule has 5 heteroatoms. The lowest BCUT2D eigenvalue weighted by Gasteiger charge is -2.23.